The zero-order valence-corrected chi connectivity index (χ0v) is 12.1. The summed E-state index contributed by atoms with van der Waals surface area (Å²) in [6.07, 6.45) is 5.68. The van der Waals surface area contributed by atoms with Gasteiger partial charge in [-0.1, -0.05) is 49.6 Å². The average molecular weight is 245 g/mol. The molecule has 3 atom stereocenters. The van der Waals surface area contributed by atoms with Crippen LogP contribution in [0.25, 0.3) is 0 Å². The van der Waals surface area contributed by atoms with Crippen LogP contribution < -0.4 is 5.32 Å². The summed E-state index contributed by atoms with van der Waals surface area (Å²) < 4.78 is 0. The summed E-state index contributed by atoms with van der Waals surface area (Å²) in [6, 6.07) is 9.32. The van der Waals surface area contributed by atoms with Gasteiger partial charge in [0, 0.05) is 6.04 Å². The van der Waals surface area contributed by atoms with Crippen LogP contribution in [-0.2, 0) is 0 Å². The Morgan fingerprint density at radius 3 is 2.89 bits per heavy atom. The number of hydrogen-bond acceptors (Lipinski definition) is 1. The second kappa shape index (κ2) is 6.38. The number of nitrogens with one attached hydrogen (secondary N) is 1. The molecular weight excluding hydrogens is 218 g/mol. The molecular formula is C17H27N. The summed E-state index contributed by atoms with van der Waals surface area (Å²) in [5.41, 5.74) is 2.77. The zero-order chi connectivity index (χ0) is 13.0. The molecule has 1 N–H and O–H groups in total. The van der Waals surface area contributed by atoms with Crippen molar-refractivity contribution in [1.82, 2.24) is 5.32 Å². The molecule has 1 heteroatoms. The van der Waals surface area contributed by atoms with Crippen molar-refractivity contribution >= 4 is 0 Å². The number of rotatable bonds is 4. The van der Waals surface area contributed by atoms with Crippen molar-refractivity contribution in [3.63, 3.8) is 0 Å². The lowest BCUT2D eigenvalue weighted by atomic mass is 9.82. The van der Waals surface area contributed by atoms with Crippen molar-refractivity contribution < 1.29 is 0 Å². The topological polar surface area (TPSA) is 12.0 Å². The van der Waals surface area contributed by atoms with Crippen LogP contribution in [-0.4, -0.2) is 6.54 Å². The fraction of sp³-hybridized carbons (Fsp3) is 0.647. The van der Waals surface area contributed by atoms with Crippen LogP contribution in [0.4, 0.5) is 0 Å². The fourth-order valence-electron chi connectivity index (χ4n) is 3.15. The Kier molecular flexibility index (Phi) is 4.82. The molecule has 2 unspecified atom stereocenters. The van der Waals surface area contributed by atoms with Crippen LogP contribution in [0.2, 0.25) is 0 Å². The van der Waals surface area contributed by atoms with Crippen LogP contribution in [0.3, 0.4) is 0 Å². The first-order valence-corrected chi connectivity index (χ1v) is 7.45. The minimum Gasteiger partial charge on any atom is -0.310 e. The van der Waals surface area contributed by atoms with Gasteiger partial charge in [-0.2, -0.15) is 0 Å². The molecule has 1 saturated carbocycles. The minimum atomic E-state index is 0.474. The highest BCUT2D eigenvalue weighted by Gasteiger charge is 2.19. The number of benzene rings is 1. The first-order valence-electron chi connectivity index (χ1n) is 7.45. The van der Waals surface area contributed by atoms with Gasteiger partial charge in [-0.25, -0.2) is 0 Å². The highest BCUT2D eigenvalue weighted by molar-refractivity contribution is 5.24. The highest BCUT2D eigenvalue weighted by Crippen LogP contribution is 2.28. The van der Waals surface area contributed by atoms with Crippen molar-refractivity contribution in [1.29, 1.82) is 0 Å². The molecule has 0 amide bonds. The first-order chi connectivity index (χ1) is 8.65. The van der Waals surface area contributed by atoms with Crippen molar-refractivity contribution in [3.05, 3.63) is 35.4 Å². The largest absolute Gasteiger partial charge is 0.310 e. The van der Waals surface area contributed by atoms with E-state index < -0.39 is 0 Å². The van der Waals surface area contributed by atoms with Crippen LogP contribution >= 0.6 is 0 Å². The standard InChI is InChI=1S/C17H27N/c1-13-6-4-8-16(10-13)12-18-15(3)17-9-5-7-14(2)11-17/h5,7,9,11,13,15-16,18H,4,6,8,10,12H2,1-3H3/t13?,15-,16?/m0/s1. The van der Waals surface area contributed by atoms with E-state index in [9.17, 15) is 0 Å². The van der Waals surface area contributed by atoms with Crippen molar-refractivity contribution in [3.8, 4) is 0 Å². The van der Waals surface area contributed by atoms with Crippen molar-refractivity contribution in [2.45, 2.75) is 52.5 Å². The Morgan fingerprint density at radius 2 is 2.17 bits per heavy atom. The van der Waals surface area contributed by atoms with Gasteiger partial charge in [-0.15, -0.1) is 0 Å². The summed E-state index contributed by atoms with van der Waals surface area (Å²) in [4.78, 5) is 0. The normalized spacial score (nSPS) is 25.9. The van der Waals surface area contributed by atoms with Crippen LogP contribution in [0.1, 0.15) is 56.7 Å². The molecule has 1 aliphatic carbocycles. The Morgan fingerprint density at radius 1 is 1.33 bits per heavy atom. The van der Waals surface area contributed by atoms with Gasteiger partial charge in [0.25, 0.3) is 0 Å². The molecule has 0 aliphatic heterocycles. The molecule has 1 aromatic rings. The predicted octanol–water partition coefficient (Wildman–Crippen LogP) is 4.47. The van der Waals surface area contributed by atoms with Gasteiger partial charge in [-0.05, 0) is 50.6 Å². The van der Waals surface area contributed by atoms with E-state index in [4.69, 9.17) is 0 Å². The lowest BCUT2D eigenvalue weighted by molar-refractivity contribution is 0.268. The molecule has 0 spiro atoms. The molecule has 0 bridgehead atoms. The molecule has 0 radical (unpaired) electrons. The first kappa shape index (κ1) is 13.6. The van der Waals surface area contributed by atoms with Crippen LogP contribution in [0, 0.1) is 18.8 Å². The van der Waals surface area contributed by atoms with E-state index >= 15 is 0 Å². The Balaban J connectivity index is 1.82. The lowest BCUT2D eigenvalue weighted by Crippen LogP contribution is -2.28. The van der Waals surface area contributed by atoms with Gasteiger partial charge < -0.3 is 5.32 Å². The monoisotopic (exact) mass is 245 g/mol. The summed E-state index contributed by atoms with van der Waals surface area (Å²) in [5.74, 6) is 1.82. The van der Waals surface area contributed by atoms with Crippen LogP contribution in [0.15, 0.2) is 24.3 Å². The van der Waals surface area contributed by atoms with E-state index in [2.05, 4.69) is 50.4 Å². The number of aryl methyl sites for hydroxylation is 1. The smallest absolute Gasteiger partial charge is 0.0292 e. The minimum absolute atomic E-state index is 0.474. The highest BCUT2D eigenvalue weighted by atomic mass is 14.9. The van der Waals surface area contributed by atoms with Crippen molar-refractivity contribution in [2.75, 3.05) is 6.54 Å². The maximum Gasteiger partial charge on any atom is 0.0292 e. The summed E-state index contributed by atoms with van der Waals surface area (Å²) in [7, 11) is 0. The SMILES string of the molecule is Cc1cccc([C@H](C)NCC2CCCC(C)C2)c1. The average Bonchev–Trinajstić information content (AvgIpc) is 2.36. The molecule has 1 aromatic carbocycles. The Bertz CT molecular complexity index is 372. The molecule has 18 heavy (non-hydrogen) atoms. The lowest BCUT2D eigenvalue weighted by Gasteiger charge is -2.28. The van der Waals surface area contributed by atoms with E-state index in [-0.39, 0.29) is 0 Å². The zero-order valence-electron chi connectivity index (χ0n) is 12.1. The third kappa shape index (κ3) is 3.84. The van der Waals surface area contributed by atoms with Crippen LogP contribution in [0.5, 0.6) is 0 Å². The van der Waals surface area contributed by atoms with Gasteiger partial charge >= 0.3 is 0 Å². The summed E-state index contributed by atoms with van der Waals surface area (Å²) >= 11 is 0. The second-order valence-electron chi connectivity index (χ2n) is 6.18. The van der Waals surface area contributed by atoms with E-state index in [0.29, 0.717) is 6.04 Å². The third-order valence-corrected chi connectivity index (χ3v) is 4.30. The molecule has 0 aromatic heterocycles. The molecule has 1 nitrogen and oxygen atoms in total. The maximum atomic E-state index is 3.72. The van der Waals surface area contributed by atoms with Crippen molar-refractivity contribution in [2.24, 2.45) is 11.8 Å². The van der Waals surface area contributed by atoms with Gasteiger partial charge in [0.1, 0.15) is 0 Å². The molecule has 100 valence electrons. The summed E-state index contributed by atoms with van der Waals surface area (Å²) in [5, 5.41) is 3.72. The van der Waals surface area contributed by atoms with Gasteiger partial charge in [0.05, 0.1) is 0 Å². The predicted molar refractivity (Wildman–Crippen MR) is 78.7 cm³/mol. The van der Waals surface area contributed by atoms with E-state index in [1.807, 2.05) is 0 Å². The molecule has 2 rings (SSSR count). The van der Waals surface area contributed by atoms with E-state index in [1.165, 1.54) is 43.4 Å². The molecule has 0 saturated heterocycles. The molecule has 0 heterocycles. The van der Waals surface area contributed by atoms with Gasteiger partial charge in [0.2, 0.25) is 0 Å². The number of hydrogen-bond donors (Lipinski definition) is 1. The third-order valence-electron chi connectivity index (χ3n) is 4.30. The quantitative estimate of drug-likeness (QED) is 0.825. The van der Waals surface area contributed by atoms with Gasteiger partial charge in [-0.3, -0.25) is 0 Å². The Hall–Kier alpha value is -0.820. The maximum absolute atomic E-state index is 3.72. The van der Waals surface area contributed by atoms with E-state index in [0.717, 1.165) is 11.8 Å². The second-order valence-corrected chi connectivity index (χ2v) is 6.18. The molecule has 1 aliphatic rings. The fourth-order valence-corrected chi connectivity index (χ4v) is 3.15. The van der Waals surface area contributed by atoms with E-state index in [1.54, 1.807) is 0 Å². The Labute approximate surface area is 112 Å². The molecule has 1 fully saturated rings. The summed E-state index contributed by atoms with van der Waals surface area (Å²) in [6.45, 7) is 8.02. The van der Waals surface area contributed by atoms with Gasteiger partial charge in [0.15, 0.2) is 0 Å².